The second-order valence-corrected chi connectivity index (χ2v) is 5.87. The van der Waals surface area contributed by atoms with Crippen LogP contribution in [-0.4, -0.2) is 37.8 Å². The number of aromatic nitrogens is 4. The van der Waals surface area contributed by atoms with Crippen LogP contribution in [0.1, 0.15) is 21.3 Å². The van der Waals surface area contributed by atoms with Gasteiger partial charge in [0.05, 0.1) is 11.8 Å². The Morgan fingerprint density at radius 1 is 1.43 bits per heavy atom. The molecule has 0 aliphatic rings. The van der Waals surface area contributed by atoms with Gasteiger partial charge in [-0.3, -0.25) is 4.79 Å². The summed E-state index contributed by atoms with van der Waals surface area (Å²) in [5.74, 6) is -0.259. The Balaban J connectivity index is 1.68. The lowest BCUT2D eigenvalue weighted by Gasteiger charge is -2.10. The Morgan fingerprint density at radius 2 is 2.33 bits per heavy atom. The Labute approximate surface area is 127 Å². The molecule has 0 bridgehead atoms. The van der Waals surface area contributed by atoms with Gasteiger partial charge in [-0.05, 0) is 44.3 Å². The zero-order valence-electron chi connectivity index (χ0n) is 10.7. The molecule has 2 N–H and O–H groups in total. The minimum Gasteiger partial charge on any atom is -0.387 e. The van der Waals surface area contributed by atoms with Crippen LogP contribution in [0, 0.1) is 0 Å². The number of carbonyl (C=O) groups excluding carboxylic acids is 1. The van der Waals surface area contributed by atoms with Crippen molar-refractivity contribution in [3.05, 3.63) is 45.0 Å². The molecule has 3 rings (SSSR count). The third-order valence-electron chi connectivity index (χ3n) is 2.83. The molecule has 0 saturated heterocycles. The van der Waals surface area contributed by atoms with Crippen molar-refractivity contribution < 1.29 is 9.90 Å². The van der Waals surface area contributed by atoms with E-state index in [9.17, 15) is 9.90 Å². The van der Waals surface area contributed by atoms with Crippen molar-refractivity contribution in [1.29, 1.82) is 0 Å². The van der Waals surface area contributed by atoms with Gasteiger partial charge in [0.1, 0.15) is 11.2 Å². The molecular weight excluding hydrogens is 310 g/mol. The fraction of sp³-hybridized carbons (Fsp3) is 0.167. The number of aliphatic hydroxyl groups is 1. The van der Waals surface area contributed by atoms with E-state index in [-0.39, 0.29) is 12.5 Å². The van der Waals surface area contributed by atoms with Crippen LogP contribution in [0.25, 0.3) is 5.69 Å². The number of amides is 1. The number of hydrogen-bond donors (Lipinski definition) is 2. The first-order valence-corrected chi connectivity index (χ1v) is 7.87. The largest absolute Gasteiger partial charge is 0.387 e. The Kier molecular flexibility index (Phi) is 4.04. The maximum atomic E-state index is 12.2. The first kappa shape index (κ1) is 13.9. The lowest BCUT2D eigenvalue weighted by Crippen LogP contribution is -2.28. The van der Waals surface area contributed by atoms with Gasteiger partial charge >= 0.3 is 0 Å². The van der Waals surface area contributed by atoms with E-state index in [1.54, 1.807) is 11.4 Å². The van der Waals surface area contributed by atoms with Crippen molar-refractivity contribution >= 4 is 28.6 Å². The molecule has 9 heteroatoms. The van der Waals surface area contributed by atoms with Gasteiger partial charge in [-0.2, -0.15) is 16.0 Å². The Morgan fingerprint density at radius 3 is 3.05 bits per heavy atom. The average molecular weight is 321 g/mol. The van der Waals surface area contributed by atoms with Crippen LogP contribution >= 0.6 is 22.7 Å². The summed E-state index contributed by atoms with van der Waals surface area (Å²) < 4.78 is 1.43. The van der Waals surface area contributed by atoms with Crippen LogP contribution in [0.4, 0.5) is 0 Å². The van der Waals surface area contributed by atoms with E-state index in [2.05, 4.69) is 20.8 Å². The predicted molar refractivity (Wildman–Crippen MR) is 78.6 cm³/mol. The van der Waals surface area contributed by atoms with E-state index < -0.39 is 6.10 Å². The summed E-state index contributed by atoms with van der Waals surface area (Å²) in [5, 5.41) is 29.1. The van der Waals surface area contributed by atoms with Crippen LogP contribution in [0.15, 0.2) is 34.6 Å². The van der Waals surface area contributed by atoms with E-state index in [4.69, 9.17) is 0 Å². The van der Waals surface area contributed by atoms with Gasteiger partial charge in [-0.15, -0.1) is 16.4 Å². The second-order valence-electron chi connectivity index (χ2n) is 4.17. The molecule has 108 valence electrons. The van der Waals surface area contributed by atoms with Crippen LogP contribution in [0.3, 0.4) is 0 Å². The monoisotopic (exact) mass is 321 g/mol. The van der Waals surface area contributed by atoms with Crippen LogP contribution in [0.2, 0.25) is 0 Å². The molecule has 3 aromatic heterocycles. The highest BCUT2D eigenvalue weighted by atomic mass is 32.1. The summed E-state index contributed by atoms with van der Waals surface area (Å²) in [6, 6.07) is 3.60. The van der Waals surface area contributed by atoms with Crippen molar-refractivity contribution in [2.75, 3.05) is 6.54 Å². The number of hydrogen-bond acceptors (Lipinski definition) is 7. The van der Waals surface area contributed by atoms with E-state index in [0.29, 0.717) is 10.6 Å². The van der Waals surface area contributed by atoms with Gasteiger partial charge in [-0.25, -0.2) is 0 Å². The minimum atomic E-state index is -0.711. The van der Waals surface area contributed by atoms with Gasteiger partial charge in [0.25, 0.3) is 5.91 Å². The molecule has 1 unspecified atom stereocenters. The first-order valence-electron chi connectivity index (χ1n) is 6.05. The van der Waals surface area contributed by atoms with Gasteiger partial charge in [0.15, 0.2) is 0 Å². The number of aliphatic hydroxyl groups excluding tert-OH is 1. The van der Waals surface area contributed by atoms with Gasteiger partial charge < -0.3 is 10.4 Å². The summed E-state index contributed by atoms with van der Waals surface area (Å²) >= 11 is 2.80. The fourth-order valence-electron chi connectivity index (χ4n) is 1.78. The van der Waals surface area contributed by atoms with Gasteiger partial charge in [-0.1, -0.05) is 0 Å². The summed E-state index contributed by atoms with van der Waals surface area (Å²) in [5.41, 5.74) is 1.42. The second kappa shape index (κ2) is 6.12. The highest BCUT2D eigenvalue weighted by Crippen LogP contribution is 2.20. The average Bonchev–Trinajstić information content (AvgIpc) is 3.25. The van der Waals surface area contributed by atoms with Gasteiger partial charge in [0, 0.05) is 6.54 Å². The highest BCUT2D eigenvalue weighted by Gasteiger charge is 2.17. The molecule has 0 spiro atoms. The number of thiophene rings is 2. The van der Waals surface area contributed by atoms with E-state index in [1.165, 1.54) is 33.7 Å². The van der Waals surface area contributed by atoms with E-state index in [0.717, 1.165) is 5.56 Å². The molecule has 0 aliphatic carbocycles. The third-order valence-corrected chi connectivity index (χ3v) is 4.43. The molecule has 7 nitrogen and oxygen atoms in total. The molecular formula is C12H11N5O2S2. The molecule has 21 heavy (non-hydrogen) atoms. The van der Waals surface area contributed by atoms with Crippen molar-refractivity contribution in [2.45, 2.75) is 6.10 Å². The summed E-state index contributed by atoms with van der Waals surface area (Å²) in [4.78, 5) is 12.7. The normalized spacial score (nSPS) is 12.2. The Bertz CT molecular complexity index is 708. The molecule has 0 aliphatic heterocycles. The molecule has 0 saturated carbocycles. The van der Waals surface area contributed by atoms with Crippen LogP contribution < -0.4 is 5.32 Å². The molecule has 1 amide bonds. The zero-order chi connectivity index (χ0) is 14.7. The summed E-state index contributed by atoms with van der Waals surface area (Å²) in [6.45, 7) is 0.155. The molecule has 0 radical (unpaired) electrons. The van der Waals surface area contributed by atoms with Crippen molar-refractivity contribution in [3.63, 3.8) is 0 Å². The predicted octanol–water partition coefficient (Wildman–Crippen LogP) is 1.25. The lowest BCUT2D eigenvalue weighted by atomic mass is 10.2. The maximum absolute atomic E-state index is 12.2. The van der Waals surface area contributed by atoms with Crippen molar-refractivity contribution in [3.8, 4) is 5.69 Å². The molecule has 3 aromatic rings. The smallest absolute Gasteiger partial charge is 0.263 e. The van der Waals surface area contributed by atoms with Crippen LogP contribution in [0.5, 0.6) is 0 Å². The quantitative estimate of drug-likeness (QED) is 0.738. The lowest BCUT2D eigenvalue weighted by molar-refractivity contribution is 0.0920. The van der Waals surface area contributed by atoms with Crippen LogP contribution in [-0.2, 0) is 0 Å². The van der Waals surface area contributed by atoms with Crippen molar-refractivity contribution in [1.82, 2.24) is 25.5 Å². The van der Waals surface area contributed by atoms with E-state index >= 15 is 0 Å². The maximum Gasteiger partial charge on any atom is 0.263 e. The molecule has 1 atom stereocenters. The third kappa shape index (κ3) is 2.99. The minimum absolute atomic E-state index is 0.155. The number of carbonyl (C=O) groups is 1. The number of nitrogens with one attached hydrogen (secondary N) is 1. The molecule has 0 fully saturated rings. The number of rotatable bonds is 5. The van der Waals surface area contributed by atoms with Crippen molar-refractivity contribution in [2.24, 2.45) is 0 Å². The van der Waals surface area contributed by atoms with E-state index in [1.807, 2.05) is 16.8 Å². The SMILES string of the molecule is O=C(NCC(O)c1ccsc1)c1sccc1-n1cnnn1. The number of nitrogens with zero attached hydrogens (tertiary/aromatic N) is 4. The standard InChI is InChI=1S/C12H11N5O2S2/c18-10(8-1-3-20-6-8)5-13-12(19)11-9(2-4-21-11)17-7-14-15-16-17/h1-4,6-7,10,18H,5H2,(H,13,19). The fourth-order valence-corrected chi connectivity index (χ4v) is 3.28. The Hall–Kier alpha value is -2.10. The summed E-state index contributed by atoms with van der Waals surface area (Å²) in [7, 11) is 0. The first-order chi connectivity index (χ1) is 10.3. The molecule has 0 aromatic carbocycles. The summed E-state index contributed by atoms with van der Waals surface area (Å²) in [6.07, 6.45) is 0.718. The highest BCUT2D eigenvalue weighted by molar-refractivity contribution is 7.12. The molecule has 3 heterocycles. The zero-order valence-corrected chi connectivity index (χ0v) is 12.3. The number of tetrazole rings is 1. The topological polar surface area (TPSA) is 92.9 Å². The van der Waals surface area contributed by atoms with Gasteiger partial charge in [0.2, 0.25) is 0 Å².